The number of aromatic nitrogens is 5. The van der Waals surface area contributed by atoms with Crippen molar-refractivity contribution in [2.75, 3.05) is 7.11 Å². The highest BCUT2D eigenvalue weighted by atomic mass is 19.1. The summed E-state index contributed by atoms with van der Waals surface area (Å²) in [6.07, 6.45) is 9.08. The molecule has 0 N–H and O–H groups in total. The molecule has 8 nitrogen and oxygen atoms in total. The number of hydrogen-bond donors (Lipinski definition) is 0. The summed E-state index contributed by atoms with van der Waals surface area (Å²) in [6.45, 7) is 5.63. The van der Waals surface area contributed by atoms with E-state index in [0.29, 0.717) is 34.9 Å². The molecule has 33 heavy (non-hydrogen) atoms. The molecule has 1 unspecified atom stereocenters. The molecular formula is C24H23FN6O2. The molecule has 4 rings (SSSR count). The average molecular weight is 446 g/mol. The first-order valence-corrected chi connectivity index (χ1v) is 10.3. The molecule has 0 spiro atoms. The van der Waals surface area contributed by atoms with Gasteiger partial charge in [-0.15, -0.1) is 10.2 Å². The van der Waals surface area contributed by atoms with E-state index in [1.54, 1.807) is 49.3 Å². The van der Waals surface area contributed by atoms with Crippen molar-refractivity contribution >= 4 is 18.1 Å². The van der Waals surface area contributed by atoms with Gasteiger partial charge in [0.1, 0.15) is 5.75 Å². The second-order valence-corrected chi connectivity index (χ2v) is 7.67. The molecule has 0 saturated heterocycles. The van der Waals surface area contributed by atoms with Crippen molar-refractivity contribution in [3.8, 4) is 17.0 Å². The predicted octanol–water partition coefficient (Wildman–Crippen LogP) is 4.14. The van der Waals surface area contributed by atoms with Crippen molar-refractivity contribution in [3.05, 3.63) is 77.5 Å². The van der Waals surface area contributed by atoms with Crippen LogP contribution in [0.25, 0.3) is 23.0 Å². The Morgan fingerprint density at radius 3 is 2.64 bits per heavy atom. The standard InChI is InChI=1S/C24H23FN6O2/c1-15-5-6-22(26-11-15)18-10-20(25)24-29-28-23(31(24)13-18)17(3)30(14-32)8-7-21-16(2)9-19(33-4)12-27-21/h5-14,17H,1-4H3/b8-7-. The summed E-state index contributed by atoms with van der Waals surface area (Å²) in [4.78, 5) is 22.0. The molecule has 0 aliphatic carbocycles. The van der Waals surface area contributed by atoms with Gasteiger partial charge in [-0.2, -0.15) is 0 Å². The number of rotatable bonds is 7. The molecule has 0 bridgehead atoms. The molecule has 0 aliphatic rings. The number of hydrogen-bond acceptors (Lipinski definition) is 6. The van der Waals surface area contributed by atoms with E-state index in [0.717, 1.165) is 11.1 Å². The van der Waals surface area contributed by atoms with Gasteiger partial charge < -0.3 is 9.64 Å². The van der Waals surface area contributed by atoms with Crippen LogP contribution in [0, 0.1) is 19.7 Å². The van der Waals surface area contributed by atoms with Crippen LogP contribution in [0.3, 0.4) is 0 Å². The number of halogens is 1. The van der Waals surface area contributed by atoms with Crippen LogP contribution in [0.15, 0.2) is 49.1 Å². The van der Waals surface area contributed by atoms with E-state index >= 15 is 0 Å². The van der Waals surface area contributed by atoms with Crippen LogP contribution >= 0.6 is 0 Å². The van der Waals surface area contributed by atoms with E-state index in [2.05, 4.69) is 20.2 Å². The topological polar surface area (TPSA) is 85.5 Å². The number of fused-ring (bicyclic) bond motifs is 1. The zero-order valence-electron chi connectivity index (χ0n) is 18.7. The number of aryl methyl sites for hydroxylation is 2. The SMILES string of the molecule is COc1cnc(/C=C\N(C=O)C(C)c2nnc3c(F)cc(-c4ccc(C)cn4)cn23)c(C)c1. The van der Waals surface area contributed by atoms with Gasteiger partial charge in [0.25, 0.3) is 0 Å². The number of pyridine rings is 3. The second kappa shape index (κ2) is 9.15. The summed E-state index contributed by atoms with van der Waals surface area (Å²) in [5, 5.41) is 8.14. The van der Waals surface area contributed by atoms with Crippen LogP contribution < -0.4 is 4.74 Å². The number of ether oxygens (including phenoxy) is 1. The number of amides is 1. The van der Waals surface area contributed by atoms with E-state index in [1.807, 2.05) is 32.0 Å². The van der Waals surface area contributed by atoms with Crippen LogP contribution in [-0.2, 0) is 4.79 Å². The Kier molecular flexibility index (Phi) is 6.12. The minimum Gasteiger partial charge on any atom is -0.495 e. The highest BCUT2D eigenvalue weighted by Crippen LogP contribution is 2.25. The summed E-state index contributed by atoms with van der Waals surface area (Å²) >= 11 is 0. The summed E-state index contributed by atoms with van der Waals surface area (Å²) in [5.74, 6) is 0.544. The molecule has 4 heterocycles. The maximum atomic E-state index is 14.8. The molecule has 0 aromatic carbocycles. The fourth-order valence-electron chi connectivity index (χ4n) is 3.43. The fraction of sp³-hybridized carbons (Fsp3) is 0.208. The number of carbonyl (C=O) groups is 1. The van der Waals surface area contributed by atoms with E-state index in [9.17, 15) is 9.18 Å². The van der Waals surface area contributed by atoms with Crippen molar-refractivity contribution in [2.45, 2.75) is 26.8 Å². The van der Waals surface area contributed by atoms with Crippen LogP contribution in [-0.4, -0.2) is 43.0 Å². The molecule has 4 aromatic heterocycles. The Morgan fingerprint density at radius 2 is 1.97 bits per heavy atom. The maximum Gasteiger partial charge on any atom is 0.214 e. The Morgan fingerprint density at radius 1 is 1.15 bits per heavy atom. The number of methoxy groups -OCH3 is 1. The summed E-state index contributed by atoms with van der Waals surface area (Å²) in [5.41, 5.74) is 3.89. The summed E-state index contributed by atoms with van der Waals surface area (Å²) in [7, 11) is 1.58. The van der Waals surface area contributed by atoms with Gasteiger partial charge in [-0.25, -0.2) is 4.39 Å². The maximum absolute atomic E-state index is 14.8. The van der Waals surface area contributed by atoms with Gasteiger partial charge >= 0.3 is 0 Å². The van der Waals surface area contributed by atoms with Crippen molar-refractivity contribution in [1.82, 2.24) is 29.5 Å². The van der Waals surface area contributed by atoms with Gasteiger partial charge in [0.2, 0.25) is 6.41 Å². The predicted molar refractivity (Wildman–Crippen MR) is 122 cm³/mol. The zero-order valence-corrected chi connectivity index (χ0v) is 18.7. The third-order valence-corrected chi connectivity index (χ3v) is 5.37. The van der Waals surface area contributed by atoms with Crippen LogP contribution in [0.1, 0.15) is 35.6 Å². The zero-order chi connectivity index (χ0) is 23.5. The molecule has 4 aromatic rings. The molecule has 0 saturated carbocycles. The van der Waals surface area contributed by atoms with Crippen molar-refractivity contribution in [1.29, 1.82) is 0 Å². The van der Waals surface area contributed by atoms with Crippen LogP contribution in [0.5, 0.6) is 5.75 Å². The third kappa shape index (κ3) is 4.43. The van der Waals surface area contributed by atoms with Crippen molar-refractivity contribution in [3.63, 3.8) is 0 Å². The first kappa shape index (κ1) is 22.1. The highest BCUT2D eigenvalue weighted by Gasteiger charge is 2.21. The van der Waals surface area contributed by atoms with E-state index in [-0.39, 0.29) is 5.65 Å². The molecule has 168 valence electrons. The van der Waals surface area contributed by atoms with E-state index < -0.39 is 11.9 Å². The Bertz CT molecular complexity index is 1330. The third-order valence-electron chi connectivity index (χ3n) is 5.37. The van der Waals surface area contributed by atoms with E-state index in [4.69, 9.17) is 4.74 Å². The first-order valence-electron chi connectivity index (χ1n) is 10.3. The Labute approximate surface area is 190 Å². The molecule has 1 atom stereocenters. The Balaban J connectivity index is 1.68. The lowest BCUT2D eigenvalue weighted by molar-refractivity contribution is -0.117. The highest BCUT2D eigenvalue weighted by molar-refractivity contribution is 5.62. The van der Waals surface area contributed by atoms with Gasteiger partial charge in [-0.1, -0.05) is 6.07 Å². The van der Waals surface area contributed by atoms with Gasteiger partial charge in [0.15, 0.2) is 17.3 Å². The molecule has 1 amide bonds. The minimum atomic E-state index is -0.521. The van der Waals surface area contributed by atoms with Crippen LogP contribution in [0.4, 0.5) is 4.39 Å². The first-order chi connectivity index (χ1) is 15.9. The minimum absolute atomic E-state index is 0.0789. The molecule has 0 aliphatic heterocycles. The number of nitrogens with zero attached hydrogens (tertiary/aromatic N) is 6. The van der Waals surface area contributed by atoms with Crippen molar-refractivity contribution < 1.29 is 13.9 Å². The summed E-state index contributed by atoms with van der Waals surface area (Å²) in [6, 6.07) is 6.46. The lowest BCUT2D eigenvalue weighted by Gasteiger charge is -2.20. The second-order valence-electron chi connectivity index (χ2n) is 7.67. The molecule has 0 fully saturated rings. The molecule has 0 radical (unpaired) electrons. The lowest BCUT2D eigenvalue weighted by atomic mass is 10.1. The summed E-state index contributed by atoms with van der Waals surface area (Å²) < 4.78 is 21.5. The van der Waals surface area contributed by atoms with E-state index in [1.165, 1.54) is 11.0 Å². The fourth-order valence-corrected chi connectivity index (χ4v) is 3.43. The van der Waals surface area contributed by atoms with Gasteiger partial charge in [0, 0.05) is 24.2 Å². The normalized spacial score (nSPS) is 12.3. The number of carbonyl (C=O) groups excluding carboxylic acids is 1. The van der Waals surface area contributed by atoms with Crippen LogP contribution in [0.2, 0.25) is 0 Å². The Hall–Kier alpha value is -4.14. The van der Waals surface area contributed by atoms with Crippen molar-refractivity contribution in [2.24, 2.45) is 0 Å². The van der Waals surface area contributed by atoms with Gasteiger partial charge in [-0.05, 0) is 56.2 Å². The van der Waals surface area contributed by atoms with Gasteiger partial charge in [0.05, 0.1) is 30.7 Å². The lowest BCUT2D eigenvalue weighted by Crippen LogP contribution is -2.21. The average Bonchev–Trinajstić information content (AvgIpc) is 3.25. The van der Waals surface area contributed by atoms with Gasteiger partial charge in [-0.3, -0.25) is 19.2 Å². The quantitative estimate of drug-likeness (QED) is 0.397. The monoisotopic (exact) mass is 446 g/mol. The smallest absolute Gasteiger partial charge is 0.214 e. The largest absolute Gasteiger partial charge is 0.495 e. The molecular weight excluding hydrogens is 423 g/mol. The molecule has 9 heteroatoms.